The molecule has 2 aromatic carbocycles. The number of rotatable bonds is 8. The summed E-state index contributed by atoms with van der Waals surface area (Å²) < 4.78 is 13.9. The minimum absolute atomic E-state index is 0.0302. The third kappa shape index (κ3) is 3.86. The first-order valence-electron chi connectivity index (χ1n) is 9.36. The van der Waals surface area contributed by atoms with Gasteiger partial charge in [-0.15, -0.1) is 0 Å². The molecule has 1 heterocycles. The summed E-state index contributed by atoms with van der Waals surface area (Å²) in [7, 11) is 1.43. The first-order valence-corrected chi connectivity index (χ1v) is 9.36. The van der Waals surface area contributed by atoms with Crippen LogP contribution in [0.15, 0.2) is 49.0 Å². The molecule has 0 fully saturated rings. The Balaban J connectivity index is 1.88. The molecule has 1 aliphatic rings. The second-order valence-corrected chi connectivity index (χ2v) is 6.91. The number of halogens is 1. The fourth-order valence-electron chi connectivity index (χ4n) is 3.61. The minimum atomic E-state index is -1.89. The monoisotopic (exact) mass is 397 g/mol. The third-order valence-corrected chi connectivity index (χ3v) is 5.20. The number of fused-ring (bicyclic) bond motifs is 1. The maximum atomic E-state index is 13.9. The van der Waals surface area contributed by atoms with Crippen molar-refractivity contribution in [1.29, 1.82) is 0 Å². The maximum absolute atomic E-state index is 13.9. The van der Waals surface area contributed by atoms with Crippen LogP contribution in [-0.2, 0) is 22.7 Å². The van der Waals surface area contributed by atoms with Crippen molar-refractivity contribution >= 4 is 23.6 Å². The van der Waals surface area contributed by atoms with Crippen LogP contribution in [0.2, 0.25) is 0 Å². The number of aliphatic hydroxyl groups is 1. The Bertz CT molecular complexity index is 947. The highest BCUT2D eigenvalue weighted by Crippen LogP contribution is 2.41. The van der Waals surface area contributed by atoms with E-state index < -0.39 is 11.6 Å². The number of carbonyl (C=O) groups excluding carboxylic acids is 2. The number of anilines is 1. The summed E-state index contributed by atoms with van der Waals surface area (Å²) >= 11 is 0. The van der Waals surface area contributed by atoms with Crippen LogP contribution in [0.25, 0.3) is 5.70 Å². The van der Waals surface area contributed by atoms with Crippen molar-refractivity contribution in [3.8, 4) is 0 Å². The highest BCUT2D eigenvalue weighted by molar-refractivity contribution is 5.88. The average molecular weight is 397 g/mol. The van der Waals surface area contributed by atoms with E-state index in [1.165, 1.54) is 18.0 Å². The first-order chi connectivity index (χ1) is 13.9. The second kappa shape index (κ2) is 8.45. The molecule has 29 heavy (non-hydrogen) atoms. The number of nitrogens with zero attached hydrogens (tertiary/aromatic N) is 1. The lowest BCUT2D eigenvalue weighted by Gasteiger charge is -2.37. The quantitative estimate of drug-likeness (QED) is 0.597. The lowest BCUT2D eigenvalue weighted by molar-refractivity contribution is -0.158. The number of hydrogen-bond donors (Lipinski definition) is 3. The molecular weight excluding hydrogens is 373 g/mol. The summed E-state index contributed by atoms with van der Waals surface area (Å²) in [6, 6.07) is 12.1. The van der Waals surface area contributed by atoms with Crippen molar-refractivity contribution in [3.63, 3.8) is 0 Å². The van der Waals surface area contributed by atoms with E-state index in [-0.39, 0.29) is 25.2 Å². The van der Waals surface area contributed by atoms with Gasteiger partial charge in [0.25, 0.3) is 5.91 Å². The molecule has 0 radical (unpaired) electrons. The molecule has 0 saturated carbocycles. The van der Waals surface area contributed by atoms with Crippen LogP contribution in [0, 0.1) is 5.82 Å². The molecule has 3 N–H and O–H groups in total. The molecule has 0 spiro atoms. The van der Waals surface area contributed by atoms with Gasteiger partial charge in [-0.1, -0.05) is 36.9 Å². The van der Waals surface area contributed by atoms with Gasteiger partial charge in [0.2, 0.25) is 5.72 Å². The number of likely N-dealkylation sites (N-methyl/N-ethyl adjacent to an activating group) is 1. The summed E-state index contributed by atoms with van der Waals surface area (Å²) in [5.41, 5.74) is 1.54. The van der Waals surface area contributed by atoms with Gasteiger partial charge in [0.05, 0.1) is 0 Å². The van der Waals surface area contributed by atoms with E-state index in [0.29, 0.717) is 24.1 Å². The number of carbonyl (C=O) groups is 2. The SMILES string of the molecule is C=C1c2cccc(NCc3ccccc3F)c2CN1C(O)(CCC=O)C(=O)NC. The van der Waals surface area contributed by atoms with Crippen LogP contribution in [0.5, 0.6) is 0 Å². The van der Waals surface area contributed by atoms with Gasteiger partial charge >= 0.3 is 0 Å². The first kappa shape index (κ1) is 20.5. The lowest BCUT2D eigenvalue weighted by Crippen LogP contribution is -2.56. The Morgan fingerprint density at radius 2 is 2.07 bits per heavy atom. The topological polar surface area (TPSA) is 81.7 Å². The van der Waals surface area contributed by atoms with E-state index in [9.17, 15) is 19.1 Å². The van der Waals surface area contributed by atoms with E-state index in [1.54, 1.807) is 18.2 Å². The fourth-order valence-corrected chi connectivity index (χ4v) is 3.61. The second-order valence-electron chi connectivity index (χ2n) is 6.91. The number of amides is 1. The largest absolute Gasteiger partial charge is 0.381 e. The van der Waals surface area contributed by atoms with Crippen molar-refractivity contribution < 1.29 is 19.1 Å². The predicted molar refractivity (Wildman–Crippen MR) is 109 cm³/mol. The van der Waals surface area contributed by atoms with Crippen LogP contribution >= 0.6 is 0 Å². The van der Waals surface area contributed by atoms with Gasteiger partial charge < -0.3 is 25.4 Å². The van der Waals surface area contributed by atoms with Gasteiger partial charge in [-0.05, 0) is 12.1 Å². The van der Waals surface area contributed by atoms with Crippen LogP contribution < -0.4 is 10.6 Å². The average Bonchev–Trinajstić information content (AvgIpc) is 3.08. The van der Waals surface area contributed by atoms with Crippen LogP contribution in [-0.4, -0.2) is 35.0 Å². The smallest absolute Gasteiger partial charge is 0.273 e. The Kier molecular flexibility index (Phi) is 5.98. The maximum Gasteiger partial charge on any atom is 0.273 e. The van der Waals surface area contributed by atoms with Crippen LogP contribution in [0.4, 0.5) is 10.1 Å². The highest BCUT2D eigenvalue weighted by Gasteiger charge is 2.45. The number of benzene rings is 2. The van der Waals surface area contributed by atoms with E-state index in [0.717, 1.165) is 16.8 Å². The van der Waals surface area contributed by atoms with Gasteiger partial charge in [-0.2, -0.15) is 0 Å². The summed E-state index contributed by atoms with van der Waals surface area (Å²) in [6.07, 6.45) is 0.644. The molecule has 0 saturated heterocycles. The molecule has 1 amide bonds. The molecule has 0 bridgehead atoms. The van der Waals surface area contributed by atoms with Crippen molar-refractivity contribution in [2.75, 3.05) is 12.4 Å². The predicted octanol–water partition coefficient (Wildman–Crippen LogP) is 2.64. The van der Waals surface area contributed by atoms with Crippen molar-refractivity contribution in [2.45, 2.75) is 31.7 Å². The summed E-state index contributed by atoms with van der Waals surface area (Å²) in [5, 5.41) is 16.8. The van der Waals surface area contributed by atoms with E-state index in [2.05, 4.69) is 17.2 Å². The highest BCUT2D eigenvalue weighted by atomic mass is 19.1. The van der Waals surface area contributed by atoms with E-state index in [1.807, 2.05) is 18.2 Å². The van der Waals surface area contributed by atoms with Gasteiger partial charge in [0.15, 0.2) is 0 Å². The Morgan fingerprint density at radius 3 is 2.76 bits per heavy atom. The molecule has 1 aliphatic heterocycles. The molecule has 7 heteroatoms. The summed E-state index contributed by atoms with van der Waals surface area (Å²) in [6.45, 7) is 4.58. The zero-order chi connectivity index (χ0) is 21.0. The van der Waals surface area contributed by atoms with Gasteiger partial charge in [-0.25, -0.2) is 4.39 Å². The molecule has 0 aliphatic carbocycles. The molecule has 0 aromatic heterocycles. The Labute approximate surface area is 169 Å². The number of nitrogens with one attached hydrogen (secondary N) is 2. The minimum Gasteiger partial charge on any atom is -0.381 e. The Hall–Kier alpha value is -3.19. The van der Waals surface area contributed by atoms with Gasteiger partial charge in [0, 0.05) is 61.1 Å². The van der Waals surface area contributed by atoms with Crippen molar-refractivity contribution in [2.24, 2.45) is 0 Å². The number of aldehydes is 1. The van der Waals surface area contributed by atoms with Crippen molar-refractivity contribution in [1.82, 2.24) is 10.2 Å². The lowest BCUT2D eigenvalue weighted by atomic mass is 10.0. The standard InChI is InChI=1S/C22H24FN3O3/c1-15-17-8-5-10-20(25-13-16-7-3-4-9-19(16)23)18(17)14-26(15)22(29,11-6-12-27)21(28)24-2/h3-5,7-10,12,25,29H,1,6,11,13-14H2,2H3,(H,24,28). The summed E-state index contributed by atoms with van der Waals surface area (Å²) in [5.74, 6) is -0.893. The van der Waals surface area contributed by atoms with Gasteiger partial charge in [0.1, 0.15) is 12.1 Å². The van der Waals surface area contributed by atoms with Crippen LogP contribution in [0.1, 0.15) is 29.5 Å². The Morgan fingerprint density at radius 1 is 1.31 bits per heavy atom. The van der Waals surface area contributed by atoms with E-state index >= 15 is 0 Å². The normalized spacial score (nSPS) is 14.9. The molecule has 1 atom stereocenters. The number of hydrogen-bond acceptors (Lipinski definition) is 5. The molecule has 6 nitrogen and oxygen atoms in total. The molecule has 152 valence electrons. The summed E-state index contributed by atoms with van der Waals surface area (Å²) in [4.78, 5) is 24.8. The van der Waals surface area contributed by atoms with E-state index in [4.69, 9.17) is 0 Å². The third-order valence-electron chi connectivity index (χ3n) is 5.20. The molecular formula is C22H24FN3O3. The fraction of sp³-hybridized carbons (Fsp3) is 0.273. The molecule has 3 rings (SSSR count). The van der Waals surface area contributed by atoms with Crippen LogP contribution in [0.3, 0.4) is 0 Å². The zero-order valence-electron chi connectivity index (χ0n) is 16.2. The zero-order valence-corrected chi connectivity index (χ0v) is 16.2. The molecule has 1 unspecified atom stereocenters. The van der Waals surface area contributed by atoms with Gasteiger partial charge in [-0.3, -0.25) is 4.79 Å². The van der Waals surface area contributed by atoms with Crippen molar-refractivity contribution in [3.05, 3.63) is 71.6 Å². The molecule has 2 aromatic rings.